The summed E-state index contributed by atoms with van der Waals surface area (Å²) in [6, 6.07) is 8.68. The van der Waals surface area contributed by atoms with E-state index < -0.39 is 0 Å². The van der Waals surface area contributed by atoms with E-state index in [9.17, 15) is 9.90 Å². The van der Waals surface area contributed by atoms with E-state index >= 15 is 0 Å². The zero-order chi connectivity index (χ0) is 19.8. The lowest BCUT2D eigenvalue weighted by molar-refractivity contribution is 0.103. The molecule has 6 heteroatoms. The molecule has 2 aromatic carbocycles. The molecule has 1 aromatic heterocycles. The second kappa shape index (κ2) is 8.21. The van der Waals surface area contributed by atoms with Crippen molar-refractivity contribution in [2.45, 2.75) is 38.5 Å². The zero-order valence-electron chi connectivity index (χ0n) is 15.1. The highest BCUT2D eigenvalue weighted by molar-refractivity contribution is 9.11. The molecule has 3 aromatic rings. The van der Waals surface area contributed by atoms with Crippen molar-refractivity contribution in [3.05, 3.63) is 61.2 Å². The number of halogens is 3. The van der Waals surface area contributed by atoms with Crippen molar-refractivity contribution in [2.24, 2.45) is 5.92 Å². The van der Waals surface area contributed by atoms with Gasteiger partial charge in [0.2, 0.25) is 0 Å². The Morgan fingerprint density at radius 3 is 2.46 bits per heavy atom. The van der Waals surface area contributed by atoms with E-state index in [1.165, 1.54) is 32.1 Å². The largest absolute Gasteiger partial charge is 0.506 e. The van der Waals surface area contributed by atoms with Crippen LogP contribution < -0.4 is 0 Å². The maximum atomic E-state index is 13.5. The van der Waals surface area contributed by atoms with E-state index in [1.807, 2.05) is 6.07 Å². The Balaban J connectivity index is 1.81. The first kappa shape index (κ1) is 20.0. The lowest BCUT2D eigenvalue weighted by Gasteiger charge is -2.20. The summed E-state index contributed by atoms with van der Waals surface area (Å²) in [5, 5.41) is 11.3. The van der Waals surface area contributed by atoms with E-state index in [2.05, 4.69) is 31.9 Å². The maximum Gasteiger partial charge on any atom is 0.197 e. The second-order valence-electron chi connectivity index (χ2n) is 7.37. The van der Waals surface area contributed by atoms with Gasteiger partial charge in [0.05, 0.1) is 14.5 Å². The van der Waals surface area contributed by atoms with Gasteiger partial charge in [0.25, 0.3) is 0 Å². The third-order valence-corrected chi connectivity index (χ3v) is 6.87. The molecule has 0 atom stereocenters. The highest BCUT2D eigenvalue weighted by Crippen LogP contribution is 2.37. The number of furan rings is 1. The van der Waals surface area contributed by atoms with Crippen LogP contribution in [0.3, 0.4) is 0 Å². The number of aromatic hydroxyl groups is 1. The third-order valence-electron chi connectivity index (χ3n) is 5.43. The molecule has 0 bridgehead atoms. The number of hydrogen-bond acceptors (Lipinski definition) is 3. The summed E-state index contributed by atoms with van der Waals surface area (Å²) in [4.78, 5) is 13.5. The van der Waals surface area contributed by atoms with Crippen LogP contribution in [0.15, 0.2) is 43.7 Å². The first-order chi connectivity index (χ1) is 13.4. The highest BCUT2D eigenvalue weighted by Gasteiger charge is 2.26. The van der Waals surface area contributed by atoms with Gasteiger partial charge in [0.15, 0.2) is 5.78 Å². The minimum absolute atomic E-state index is 0.0720. The summed E-state index contributed by atoms with van der Waals surface area (Å²) < 4.78 is 7.07. The number of hydrogen-bond donors (Lipinski definition) is 1. The monoisotopic (exact) mass is 524 g/mol. The molecule has 1 saturated carbocycles. The lowest BCUT2D eigenvalue weighted by atomic mass is 9.85. The van der Waals surface area contributed by atoms with Crippen molar-refractivity contribution in [3.8, 4) is 5.75 Å². The molecule has 3 nitrogen and oxygen atoms in total. The molecule has 1 heterocycles. The smallest absolute Gasteiger partial charge is 0.197 e. The topological polar surface area (TPSA) is 50.4 Å². The Labute approximate surface area is 185 Å². The lowest BCUT2D eigenvalue weighted by Crippen LogP contribution is -2.12. The van der Waals surface area contributed by atoms with Crippen LogP contribution in [-0.4, -0.2) is 10.9 Å². The molecule has 4 rings (SSSR count). The normalized spacial score (nSPS) is 15.2. The quantitative estimate of drug-likeness (QED) is 0.355. The molecule has 0 spiro atoms. The molecule has 146 valence electrons. The van der Waals surface area contributed by atoms with E-state index in [4.69, 9.17) is 16.0 Å². The molecule has 1 aliphatic carbocycles. The van der Waals surface area contributed by atoms with Crippen LogP contribution in [0.1, 0.15) is 53.8 Å². The minimum Gasteiger partial charge on any atom is -0.506 e. The molecule has 0 unspecified atom stereocenters. The summed E-state index contributed by atoms with van der Waals surface area (Å²) in [5.41, 5.74) is 1.72. The molecule has 0 aliphatic heterocycles. The molecule has 0 amide bonds. The number of phenols is 1. The van der Waals surface area contributed by atoms with Gasteiger partial charge in [-0.15, -0.1) is 0 Å². The van der Waals surface area contributed by atoms with Crippen LogP contribution in [0.25, 0.3) is 11.0 Å². The van der Waals surface area contributed by atoms with Gasteiger partial charge in [0.1, 0.15) is 17.1 Å². The average molecular weight is 527 g/mol. The van der Waals surface area contributed by atoms with E-state index in [1.54, 1.807) is 24.3 Å². The van der Waals surface area contributed by atoms with Gasteiger partial charge in [-0.2, -0.15) is 0 Å². The van der Waals surface area contributed by atoms with Gasteiger partial charge >= 0.3 is 0 Å². The number of carbonyl (C=O) groups is 1. The third kappa shape index (κ3) is 3.89. The van der Waals surface area contributed by atoms with Crippen LogP contribution in [0.2, 0.25) is 5.02 Å². The van der Waals surface area contributed by atoms with Gasteiger partial charge < -0.3 is 9.52 Å². The van der Waals surface area contributed by atoms with Gasteiger partial charge in [-0.3, -0.25) is 4.79 Å². The van der Waals surface area contributed by atoms with Crippen LogP contribution in [0.5, 0.6) is 5.75 Å². The van der Waals surface area contributed by atoms with Gasteiger partial charge in [0, 0.05) is 28.5 Å². The fraction of sp³-hybridized carbons (Fsp3) is 0.318. The van der Waals surface area contributed by atoms with Gasteiger partial charge in [-0.1, -0.05) is 43.7 Å². The van der Waals surface area contributed by atoms with Crippen LogP contribution in [-0.2, 0) is 6.42 Å². The van der Waals surface area contributed by atoms with E-state index in [0.717, 1.165) is 17.6 Å². The summed E-state index contributed by atoms with van der Waals surface area (Å²) in [6.07, 6.45) is 6.85. The first-order valence-electron chi connectivity index (χ1n) is 9.37. The molecule has 1 fully saturated rings. The molecule has 28 heavy (non-hydrogen) atoms. The standard InChI is InChI=1S/C22H19Br2ClO3/c23-16-9-13(10-17(24)22(16)27)21(26)20-15-7-6-14(25)11-18(15)28-19(20)8-12-4-2-1-3-5-12/h6-7,9-12,27H,1-5,8H2. The summed E-state index contributed by atoms with van der Waals surface area (Å²) in [6.45, 7) is 0. The van der Waals surface area contributed by atoms with Crippen molar-refractivity contribution in [3.63, 3.8) is 0 Å². The molecular weight excluding hydrogens is 508 g/mol. The number of carbonyl (C=O) groups excluding carboxylic acids is 1. The summed E-state index contributed by atoms with van der Waals surface area (Å²) in [5.74, 6) is 1.22. The summed E-state index contributed by atoms with van der Waals surface area (Å²) in [7, 11) is 0. The van der Waals surface area contributed by atoms with Crippen LogP contribution >= 0.6 is 43.5 Å². The fourth-order valence-electron chi connectivity index (χ4n) is 4.01. The van der Waals surface area contributed by atoms with Crippen molar-refractivity contribution >= 4 is 60.2 Å². The fourth-order valence-corrected chi connectivity index (χ4v) is 5.36. The SMILES string of the molecule is O=C(c1cc(Br)c(O)c(Br)c1)c1c(CC2CCCCC2)oc2cc(Cl)ccc12. The van der Waals surface area contributed by atoms with Crippen molar-refractivity contribution in [1.29, 1.82) is 0 Å². The first-order valence-corrected chi connectivity index (χ1v) is 11.3. The Hall–Kier alpha value is -1.30. The Kier molecular flexibility index (Phi) is 5.86. The van der Waals surface area contributed by atoms with Gasteiger partial charge in [-0.25, -0.2) is 0 Å². The molecule has 1 aliphatic rings. The number of rotatable bonds is 4. The number of fused-ring (bicyclic) bond motifs is 1. The Bertz CT molecular complexity index is 1030. The maximum absolute atomic E-state index is 13.5. The van der Waals surface area contributed by atoms with Crippen LogP contribution in [0, 0.1) is 5.92 Å². The molecule has 1 N–H and O–H groups in total. The predicted molar refractivity (Wildman–Crippen MR) is 118 cm³/mol. The van der Waals surface area contributed by atoms with Crippen molar-refractivity contribution < 1.29 is 14.3 Å². The number of ketones is 1. The van der Waals surface area contributed by atoms with Crippen molar-refractivity contribution in [2.75, 3.05) is 0 Å². The average Bonchev–Trinajstić information content (AvgIpc) is 3.02. The summed E-state index contributed by atoms with van der Waals surface area (Å²) >= 11 is 12.8. The molecule has 0 radical (unpaired) electrons. The minimum atomic E-state index is -0.117. The predicted octanol–water partition coefficient (Wildman–Crippen LogP) is 7.67. The van der Waals surface area contributed by atoms with Crippen LogP contribution in [0.4, 0.5) is 0 Å². The Morgan fingerprint density at radius 1 is 1.11 bits per heavy atom. The Morgan fingerprint density at radius 2 is 1.79 bits per heavy atom. The van der Waals surface area contributed by atoms with E-state index in [0.29, 0.717) is 36.6 Å². The molecular formula is C22H19Br2ClO3. The number of benzene rings is 2. The van der Waals surface area contributed by atoms with Gasteiger partial charge in [-0.05, 0) is 62.0 Å². The van der Waals surface area contributed by atoms with Crippen molar-refractivity contribution in [1.82, 2.24) is 0 Å². The second-order valence-corrected chi connectivity index (χ2v) is 9.51. The van der Waals surface area contributed by atoms with E-state index in [-0.39, 0.29) is 11.5 Å². The zero-order valence-corrected chi connectivity index (χ0v) is 19.0. The highest BCUT2D eigenvalue weighted by atomic mass is 79.9. The molecule has 0 saturated heterocycles. The number of phenolic OH excluding ortho intramolecular Hbond substituents is 1.